The number of fused-ring (bicyclic) bond motifs is 1. The fourth-order valence-corrected chi connectivity index (χ4v) is 2.11. The average molecular weight is 210 g/mol. The van der Waals surface area contributed by atoms with Crippen molar-refractivity contribution in [3.8, 4) is 12.8 Å². The molecule has 0 bridgehead atoms. The number of rotatable bonds is 1. The van der Waals surface area contributed by atoms with Crippen molar-refractivity contribution in [2.24, 2.45) is 0 Å². The van der Waals surface area contributed by atoms with Crippen LogP contribution in [0.4, 0.5) is 0 Å². The highest BCUT2D eigenvalue weighted by Crippen LogP contribution is 2.36. The number of terminal acetylenes is 1. The van der Waals surface area contributed by atoms with Crippen molar-refractivity contribution < 1.29 is 0 Å². The van der Waals surface area contributed by atoms with Crippen molar-refractivity contribution in [3.05, 3.63) is 59.2 Å². The zero-order valence-electron chi connectivity index (χ0n) is 9.98. The van der Waals surface area contributed by atoms with Gasteiger partial charge in [-0.05, 0) is 24.5 Å². The molecule has 0 spiro atoms. The summed E-state index contributed by atoms with van der Waals surface area (Å²) in [5.41, 5.74) is 4.53. The molecule has 0 amide bonds. The highest BCUT2D eigenvalue weighted by molar-refractivity contribution is 5.45. The van der Waals surface area contributed by atoms with E-state index in [1.165, 1.54) is 16.7 Å². The van der Waals surface area contributed by atoms with Gasteiger partial charge in [0.25, 0.3) is 0 Å². The van der Waals surface area contributed by atoms with Crippen LogP contribution in [0, 0.1) is 12.8 Å². The van der Waals surface area contributed by atoms with Gasteiger partial charge in [0.2, 0.25) is 0 Å². The molecule has 0 fully saturated rings. The van der Waals surface area contributed by atoms with E-state index >= 15 is 0 Å². The van der Waals surface area contributed by atoms with Gasteiger partial charge in [-0.2, -0.15) is 0 Å². The smallest absolute Gasteiger partial charge is 0.00291 e. The lowest BCUT2D eigenvalue weighted by molar-refractivity contribution is 0.926. The summed E-state index contributed by atoms with van der Waals surface area (Å²) in [6.45, 7) is 4.35. The summed E-state index contributed by atoms with van der Waals surface area (Å²) >= 11 is 0. The molecule has 2 rings (SSSR count). The standard InChI is InChI=1S/C14H16.C2H2/c1-3-4-7-12-10-13-8-5-6-9-14(13)11(12)2;1-2/h3-9,11H,10H2,1-2H3;1-2H/b4-3-,12-7+;. The summed E-state index contributed by atoms with van der Waals surface area (Å²) in [5.74, 6) is 0.599. The second-order valence-corrected chi connectivity index (χ2v) is 3.86. The third kappa shape index (κ3) is 2.44. The lowest BCUT2D eigenvalue weighted by atomic mass is 10.00. The maximum Gasteiger partial charge on any atom is 0.00291 e. The van der Waals surface area contributed by atoms with E-state index < -0.39 is 0 Å². The van der Waals surface area contributed by atoms with E-state index in [4.69, 9.17) is 0 Å². The average Bonchev–Trinajstić information content (AvgIpc) is 2.67. The van der Waals surface area contributed by atoms with Gasteiger partial charge in [0, 0.05) is 5.92 Å². The van der Waals surface area contributed by atoms with Crippen LogP contribution in [0.25, 0.3) is 0 Å². The van der Waals surface area contributed by atoms with Crippen LogP contribution >= 0.6 is 0 Å². The van der Waals surface area contributed by atoms with Gasteiger partial charge in [-0.15, -0.1) is 12.8 Å². The van der Waals surface area contributed by atoms with Gasteiger partial charge in [0.05, 0.1) is 0 Å². The summed E-state index contributed by atoms with van der Waals surface area (Å²) in [5, 5.41) is 0. The zero-order chi connectivity index (χ0) is 12.0. The quantitative estimate of drug-likeness (QED) is 0.612. The maximum atomic E-state index is 4.00. The predicted molar refractivity (Wildman–Crippen MR) is 71.3 cm³/mol. The van der Waals surface area contributed by atoms with Gasteiger partial charge < -0.3 is 0 Å². The molecule has 1 unspecified atom stereocenters. The summed E-state index contributed by atoms with van der Waals surface area (Å²) in [7, 11) is 0. The van der Waals surface area contributed by atoms with E-state index in [1.54, 1.807) is 0 Å². The number of allylic oxidation sites excluding steroid dienone is 4. The summed E-state index contributed by atoms with van der Waals surface area (Å²) < 4.78 is 0. The van der Waals surface area contributed by atoms with Gasteiger partial charge >= 0.3 is 0 Å². The van der Waals surface area contributed by atoms with E-state index in [1.807, 2.05) is 0 Å². The van der Waals surface area contributed by atoms with Crippen LogP contribution in [-0.4, -0.2) is 0 Å². The molecule has 0 nitrogen and oxygen atoms in total. The molecule has 0 heterocycles. The van der Waals surface area contributed by atoms with E-state index in [2.05, 4.69) is 69.2 Å². The molecule has 1 aromatic rings. The predicted octanol–water partition coefficient (Wildman–Crippen LogP) is 4.10. The van der Waals surface area contributed by atoms with Gasteiger partial charge in [-0.1, -0.05) is 55.0 Å². The second kappa shape index (κ2) is 5.98. The van der Waals surface area contributed by atoms with Crippen molar-refractivity contribution in [3.63, 3.8) is 0 Å². The van der Waals surface area contributed by atoms with E-state index in [0.29, 0.717) is 5.92 Å². The molecule has 0 radical (unpaired) electrons. The van der Waals surface area contributed by atoms with E-state index in [9.17, 15) is 0 Å². The lowest BCUT2D eigenvalue weighted by Gasteiger charge is -2.04. The minimum absolute atomic E-state index is 0.599. The Labute approximate surface area is 98.7 Å². The SMILES string of the molecule is C#C.C/C=C\C=C1/Cc2ccccc2C1C. The molecule has 0 N–H and O–H groups in total. The highest BCUT2D eigenvalue weighted by Gasteiger charge is 2.21. The van der Waals surface area contributed by atoms with Crippen molar-refractivity contribution in [2.75, 3.05) is 0 Å². The van der Waals surface area contributed by atoms with Gasteiger partial charge in [0.1, 0.15) is 0 Å². The maximum absolute atomic E-state index is 4.00. The van der Waals surface area contributed by atoms with E-state index in [0.717, 1.165) is 6.42 Å². The van der Waals surface area contributed by atoms with Crippen LogP contribution in [0.1, 0.15) is 30.9 Å². The molecular weight excluding hydrogens is 192 g/mol. The number of hydrogen-bond donors (Lipinski definition) is 0. The van der Waals surface area contributed by atoms with Crippen LogP contribution in [0.3, 0.4) is 0 Å². The molecule has 0 saturated carbocycles. The van der Waals surface area contributed by atoms with Gasteiger partial charge in [0.15, 0.2) is 0 Å². The first kappa shape index (κ1) is 12.3. The Bertz CT molecular complexity index is 419. The Balaban J connectivity index is 0.000000606. The molecular formula is C16H18. The van der Waals surface area contributed by atoms with Crippen molar-refractivity contribution in [1.29, 1.82) is 0 Å². The van der Waals surface area contributed by atoms with Crippen LogP contribution in [0.15, 0.2) is 48.1 Å². The Hall–Kier alpha value is -1.74. The first-order chi connectivity index (χ1) is 7.83. The topological polar surface area (TPSA) is 0 Å². The monoisotopic (exact) mass is 210 g/mol. The molecule has 0 saturated heterocycles. The first-order valence-corrected chi connectivity index (χ1v) is 5.56. The molecule has 0 heteroatoms. The largest absolute Gasteiger partial charge is 0.124 e. The molecule has 1 aromatic carbocycles. The fraction of sp³-hybridized carbons (Fsp3) is 0.250. The fourth-order valence-electron chi connectivity index (χ4n) is 2.11. The first-order valence-electron chi connectivity index (χ1n) is 5.56. The third-order valence-corrected chi connectivity index (χ3v) is 2.98. The minimum Gasteiger partial charge on any atom is -0.124 e. The van der Waals surface area contributed by atoms with Crippen molar-refractivity contribution in [2.45, 2.75) is 26.2 Å². The molecule has 0 aliphatic heterocycles. The van der Waals surface area contributed by atoms with Crippen LogP contribution < -0.4 is 0 Å². The Morgan fingerprint density at radius 1 is 1.25 bits per heavy atom. The molecule has 1 aliphatic rings. The van der Waals surface area contributed by atoms with Crippen molar-refractivity contribution >= 4 is 0 Å². The minimum atomic E-state index is 0.599. The Morgan fingerprint density at radius 3 is 2.56 bits per heavy atom. The number of hydrogen-bond acceptors (Lipinski definition) is 0. The van der Waals surface area contributed by atoms with E-state index in [-0.39, 0.29) is 0 Å². The molecule has 1 atom stereocenters. The Morgan fingerprint density at radius 2 is 1.94 bits per heavy atom. The zero-order valence-corrected chi connectivity index (χ0v) is 9.98. The highest BCUT2D eigenvalue weighted by atomic mass is 14.3. The van der Waals surface area contributed by atoms with Crippen molar-refractivity contribution in [1.82, 2.24) is 0 Å². The summed E-state index contributed by atoms with van der Waals surface area (Å²) in [6, 6.07) is 8.75. The lowest BCUT2D eigenvalue weighted by Crippen LogP contribution is -1.88. The molecule has 0 aromatic heterocycles. The number of benzene rings is 1. The van der Waals surface area contributed by atoms with Gasteiger partial charge in [-0.3, -0.25) is 0 Å². The summed E-state index contributed by atoms with van der Waals surface area (Å²) in [4.78, 5) is 0. The van der Waals surface area contributed by atoms with Crippen LogP contribution in [0.5, 0.6) is 0 Å². The Kier molecular flexibility index (Phi) is 4.61. The van der Waals surface area contributed by atoms with Gasteiger partial charge in [-0.25, -0.2) is 0 Å². The third-order valence-electron chi connectivity index (χ3n) is 2.98. The normalized spacial score (nSPS) is 20.5. The van der Waals surface area contributed by atoms with Crippen LogP contribution in [0.2, 0.25) is 0 Å². The molecule has 82 valence electrons. The molecule has 1 aliphatic carbocycles. The second-order valence-electron chi connectivity index (χ2n) is 3.86. The van der Waals surface area contributed by atoms with Crippen LogP contribution in [-0.2, 0) is 6.42 Å². The molecule has 16 heavy (non-hydrogen) atoms. The summed E-state index contributed by atoms with van der Waals surface area (Å²) in [6.07, 6.45) is 15.6.